The lowest BCUT2D eigenvalue weighted by Gasteiger charge is -2.62. The highest BCUT2D eigenvalue weighted by molar-refractivity contribution is 7.17. The number of carboxylic acid groups (broad SMARTS) is 1. The van der Waals surface area contributed by atoms with Crippen LogP contribution in [0.15, 0.2) is 35.7 Å². The summed E-state index contributed by atoms with van der Waals surface area (Å²) in [7, 11) is 1.64. The number of rotatable bonds is 9. The number of amides is 1. The standard InChI is InChI=1S/C26H33NO4S/c1-26(2)17-12-16(8-6-4-5-7-9-23(28)29)24(21(26)13-17)27-25(30)20-15-32-22-11-10-18(31-3)14-19(20)22/h4,6,10-11,14-17,21,24H,5,7-9,12-13H2,1-3H3,(H,27,30)(H,28,29)/b6-4-/t16-,17-,21-,24-/m0/s1. The Morgan fingerprint density at radius 2 is 2.09 bits per heavy atom. The molecule has 172 valence electrons. The molecule has 3 saturated carbocycles. The van der Waals surface area contributed by atoms with Crippen LogP contribution in [-0.4, -0.2) is 30.1 Å². The van der Waals surface area contributed by atoms with Crippen molar-refractivity contribution in [2.45, 2.75) is 58.4 Å². The average molecular weight is 456 g/mol. The van der Waals surface area contributed by atoms with Crippen LogP contribution in [0.25, 0.3) is 10.1 Å². The molecule has 0 radical (unpaired) electrons. The van der Waals surface area contributed by atoms with Crippen molar-refractivity contribution in [3.8, 4) is 5.75 Å². The molecule has 2 aromatic rings. The third-order valence-corrected chi connectivity index (χ3v) is 8.73. The van der Waals surface area contributed by atoms with E-state index in [1.165, 1.54) is 6.42 Å². The Morgan fingerprint density at radius 3 is 2.81 bits per heavy atom. The van der Waals surface area contributed by atoms with Gasteiger partial charge in [0.05, 0.1) is 12.7 Å². The van der Waals surface area contributed by atoms with Gasteiger partial charge in [0.15, 0.2) is 0 Å². The maximum atomic E-state index is 13.4. The summed E-state index contributed by atoms with van der Waals surface area (Å²) in [5.41, 5.74) is 0.991. The van der Waals surface area contributed by atoms with Gasteiger partial charge >= 0.3 is 5.97 Å². The minimum Gasteiger partial charge on any atom is -0.497 e. The number of allylic oxidation sites excluding steroid dienone is 2. The number of methoxy groups -OCH3 is 1. The molecule has 1 amide bonds. The zero-order valence-corrected chi connectivity index (χ0v) is 19.9. The van der Waals surface area contributed by atoms with E-state index < -0.39 is 5.97 Å². The monoisotopic (exact) mass is 455 g/mol. The molecule has 0 unspecified atom stereocenters. The molecule has 32 heavy (non-hydrogen) atoms. The molecule has 6 heteroatoms. The van der Waals surface area contributed by atoms with Crippen molar-refractivity contribution < 1.29 is 19.4 Å². The van der Waals surface area contributed by atoms with Crippen molar-refractivity contribution in [1.29, 1.82) is 0 Å². The maximum Gasteiger partial charge on any atom is 0.303 e. The fraction of sp³-hybridized carbons (Fsp3) is 0.538. The molecule has 5 nitrogen and oxygen atoms in total. The number of aliphatic carboxylic acids is 1. The van der Waals surface area contributed by atoms with Gasteiger partial charge in [-0.2, -0.15) is 0 Å². The van der Waals surface area contributed by atoms with Gasteiger partial charge in [-0.1, -0.05) is 26.0 Å². The highest BCUT2D eigenvalue weighted by atomic mass is 32.1. The number of ether oxygens (including phenoxy) is 1. The fourth-order valence-electron chi connectivity index (χ4n) is 5.67. The zero-order chi connectivity index (χ0) is 22.9. The summed E-state index contributed by atoms with van der Waals surface area (Å²) in [6.07, 6.45) is 9.21. The predicted octanol–water partition coefficient (Wildman–Crippen LogP) is 5.89. The van der Waals surface area contributed by atoms with Gasteiger partial charge < -0.3 is 15.2 Å². The van der Waals surface area contributed by atoms with Crippen LogP contribution in [-0.2, 0) is 4.79 Å². The van der Waals surface area contributed by atoms with Gasteiger partial charge in [-0.25, -0.2) is 0 Å². The number of carbonyl (C=O) groups is 2. The molecule has 0 spiro atoms. The average Bonchev–Trinajstić information content (AvgIpc) is 3.19. The lowest BCUT2D eigenvalue weighted by molar-refractivity contribution is -0.137. The van der Waals surface area contributed by atoms with E-state index in [4.69, 9.17) is 9.84 Å². The van der Waals surface area contributed by atoms with Crippen LogP contribution in [0.5, 0.6) is 5.75 Å². The number of hydrogen-bond donors (Lipinski definition) is 2. The molecule has 0 saturated heterocycles. The molecule has 3 aliphatic carbocycles. The Balaban J connectivity index is 1.47. The minimum atomic E-state index is -0.741. The minimum absolute atomic E-state index is 0.00564. The van der Waals surface area contributed by atoms with Gasteiger partial charge in [-0.05, 0) is 73.5 Å². The molecule has 2 bridgehead atoms. The highest BCUT2D eigenvalue weighted by Crippen LogP contribution is 2.61. The Kier molecular flexibility index (Phi) is 6.61. The maximum absolute atomic E-state index is 13.4. The lowest BCUT2D eigenvalue weighted by atomic mass is 9.44. The lowest BCUT2D eigenvalue weighted by Crippen LogP contribution is -2.63. The number of benzene rings is 1. The summed E-state index contributed by atoms with van der Waals surface area (Å²) >= 11 is 1.59. The van der Waals surface area contributed by atoms with E-state index in [1.54, 1.807) is 18.4 Å². The number of hydrogen-bond acceptors (Lipinski definition) is 4. The van der Waals surface area contributed by atoms with Crippen molar-refractivity contribution >= 4 is 33.3 Å². The van der Waals surface area contributed by atoms with Gasteiger partial charge in [0.1, 0.15) is 5.75 Å². The smallest absolute Gasteiger partial charge is 0.303 e. The Hall–Kier alpha value is -2.34. The molecule has 3 fully saturated rings. The van der Waals surface area contributed by atoms with E-state index in [9.17, 15) is 9.59 Å². The summed E-state index contributed by atoms with van der Waals surface area (Å²) < 4.78 is 6.45. The Labute approximate surface area is 193 Å². The van der Waals surface area contributed by atoms with E-state index in [1.807, 2.05) is 23.6 Å². The third kappa shape index (κ3) is 4.42. The first-order chi connectivity index (χ1) is 15.3. The summed E-state index contributed by atoms with van der Waals surface area (Å²) in [6, 6.07) is 6.04. The van der Waals surface area contributed by atoms with E-state index >= 15 is 0 Å². The topological polar surface area (TPSA) is 75.6 Å². The molecule has 4 atom stereocenters. The molecule has 1 aromatic carbocycles. The second-order valence-corrected chi connectivity index (χ2v) is 10.8. The van der Waals surface area contributed by atoms with Crippen LogP contribution in [0, 0.1) is 23.2 Å². The SMILES string of the molecule is COc1ccc2scc(C(=O)N[C@H]3[C@@H](C/C=C\CCCC(=O)O)C[C@H]4C[C@@H]3C4(C)C)c2c1. The zero-order valence-electron chi connectivity index (χ0n) is 19.1. The predicted molar refractivity (Wildman–Crippen MR) is 128 cm³/mol. The van der Waals surface area contributed by atoms with Crippen LogP contribution in [0.3, 0.4) is 0 Å². The number of thiophene rings is 1. The number of fused-ring (bicyclic) bond motifs is 3. The van der Waals surface area contributed by atoms with Crippen LogP contribution in [0.2, 0.25) is 0 Å². The van der Waals surface area contributed by atoms with E-state index in [0.717, 1.165) is 46.6 Å². The summed E-state index contributed by atoms with van der Waals surface area (Å²) in [6.45, 7) is 4.68. The molecule has 2 N–H and O–H groups in total. The van der Waals surface area contributed by atoms with E-state index in [2.05, 4.69) is 31.3 Å². The fourth-order valence-corrected chi connectivity index (χ4v) is 6.59. The van der Waals surface area contributed by atoms with E-state index in [0.29, 0.717) is 18.3 Å². The van der Waals surface area contributed by atoms with Gasteiger partial charge in [0.25, 0.3) is 5.91 Å². The summed E-state index contributed by atoms with van der Waals surface area (Å²) in [4.78, 5) is 24.0. The first kappa shape index (κ1) is 22.8. The van der Waals surface area contributed by atoms with Crippen LogP contribution in [0.1, 0.15) is 62.7 Å². The molecule has 5 rings (SSSR count). The molecule has 1 heterocycles. The van der Waals surface area contributed by atoms with Crippen molar-refractivity contribution in [1.82, 2.24) is 5.32 Å². The molecule has 0 aliphatic heterocycles. The van der Waals surface area contributed by atoms with Gasteiger partial charge in [0, 0.05) is 27.9 Å². The van der Waals surface area contributed by atoms with Crippen molar-refractivity contribution in [3.05, 3.63) is 41.3 Å². The Morgan fingerprint density at radius 1 is 1.28 bits per heavy atom. The quantitative estimate of drug-likeness (QED) is 0.365. The van der Waals surface area contributed by atoms with Crippen molar-refractivity contribution in [2.75, 3.05) is 7.11 Å². The van der Waals surface area contributed by atoms with Crippen LogP contribution >= 0.6 is 11.3 Å². The molecular formula is C26H33NO4S. The van der Waals surface area contributed by atoms with Crippen LogP contribution < -0.4 is 10.1 Å². The first-order valence-electron chi connectivity index (χ1n) is 11.5. The summed E-state index contributed by atoms with van der Waals surface area (Å²) in [5, 5.41) is 15.1. The number of unbranched alkanes of at least 4 members (excludes halogenated alkanes) is 1. The Bertz CT molecular complexity index is 1020. The van der Waals surface area contributed by atoms with Crippen molar-refractivity contribution in [2.24, 2.45) is 23.2 Å². The largest absolute Gasteiger partial charge is 0.497 e. The molecule has 3 aliphatic rings. The first-order valence-corrected chi connectivity index (χ1v) is 12.4. The number of carbonyl (C=O) groups excluding carboxylic acids is 1. The second kappa shape index (κ2) is 9.26. The van der Waals surface area contributed by atoms with Gasteiger partial charge in [-0.3, -0.25) is 9.59 Å². The van der Waals surface area contributed by atoms with Crippen LogP contribution in [0.4, 0.5) is 0 Å². The molecule has 1 aromatic heterocycles. The van der Waals surface area contributed by atoms with Gasteiger partial charge in [0.2, 0.25) is 0 Å². The number of carboxylic acids is 1. The van der Waals surface area contributed by atoms with Crippen molar-refractivity contribution in [3.63, 3.8) is 0 Å². The normalized spacial score (nSPS) is 26.1. The third-order valence-electron chi connectivity index (χ3n) is 7.76. The molecular weight excluding hydrogens is 422 g/mol. The van der Waals surface area contributed by atoms with E-state index in [-0.39, 0.29) is 23.8 Å². The van der Waals surface area contributed by atoms with Gasteiger partial charge in [-0.15, -0.1) is 11.3 Å². The number of nitrogens with one attached hydrogen (secondary N) is 1. The second-order valence-electron chi connectivity index (χ2n) is 9.86. The summed E-state index contributed by atoms with van der Waals surface area (Å²) in [5.74, 6) is 1.66. The highest BCUT2D eigenvalue weighted by Gasteiger charge is 2.57.